The second-order valence-corrected chi connectivity index (χ2v) is 10.0. The molecule has 0 aliphatic rings. The Morgan fingerprint density at radius 3 is 2.43 bits per heavy atom. The fourth-order valence-corrected chi connectivity index (χ4v) is 4.73. The third-order valence-corrected chi connectivity index (χ3v) is 6.77. The van der Waals surface area contributed by atoms with E-state index in [9.17, 15) is 22.8 Å². The minimum Gasteiger partial charge on any atom is -0.452 e. The van der Waals surface area contributed by atoms with E-state index in [1.165, 1.54) is 0 Å². The van der Waals surface area contributed by atoms with E-state index in [-0.39, 0.29) is 18.1 Å². The summed E-state index contributed by atoms with van der Waals surface area (Å²) >= 11 is 0. The Kier molecular flexibility index (Phi) is 8.58. The molecule has 0 unspecified atom stereocenters. The number of hydrogen-bond acceptors (Lipinski definition) is 8. The van der Waals surface area contributed by atoms with Crippen LogP contribution in [0.5, 0.6) is 0 Å². The summed E-state index contributed by atoms with van der Waals surface area (Å²) in [7, 11) is -2.56. The fraction of sp³-hybridized carbons (Fsp3) is 0.333. The number of methoxy groups -OCH3 is 1. The van der Waals surface area contributed by atoms with Gasteiger partial charge in [-0.2, -0.15) is 0 Å². The molecule has 10 nitrogen and oxygen atoms in total. The highest BCUT2D eigenvalue weighted by atomic mass is 32.2. The molecule has 0 radical (unpaired) electrons. The summed E-state index contributed by atoms with van der Waals surface area (Å²) in [6, 6.07) is 13.4. The second-order valence-electron chi connectivity index (χ2n) is 7.84. The minimum atomic E-state index is -3.64. The maximum atomic E-state index is 13.0. The Hall–Kier alpha value is -3.73. The molecule has 0 saturated heterocycles. The Morgan fingerprint density at radius 2 is 1.77 bits per heavy atom. The lowest BCUT2D eigenvalue weighted by Crippen LogP contribution is -2.51. The molecule has 2 aromatic carbocycles. The molecule has 1 aromatic heterocycles. The SMILES string of the molecule is CCC[C@H](NC(=O)N(CCS(=O)(=O)Cc1ccccc1)C(=O)OC)C(=O)c1nc2ccccc2o1. The summed E-state index contributed by atoms with van der Waals surface area (Å²) < 4.78 is 35.3. The smallest absolute Gasteiger partial charge is 0.417 e. The van der Waals surface area contributed by atoms with E-state index in [0.717, 1.165) is 7.11 Å². The fourth-order valence-electron chi connectivity index (χ4n) is 3.43. The van der Waals surface area contributed by atoms with E-state index in [1.54, 1.807) is 54.6 Å². The van der Waals surface area contributed by atoms with Crippen molar-refractivity contribution in [3.05, 3.63) is 66.1 Å². The van der Waals surface area contributed by atoms with Crippen LogP contribution in [-0.2, 0) is 20.3 Å². The first-order valence-corrected chi connectivity index (χ1v) is 12.9. The molecule has 1 atom stereocenters. The number of carbonyl (C=O) groups excluding carboxylic acids is 3. The number of sulfone groups is 1. The number of ether oxygens (including phenoxy) is 1. The van der Waals surface area contributed by atoms with Crippen LogP contribution in [-0.4, -0.2) is 61.7 Å². The van der Waals surface area contributed by atoms with Crippen LogP contribution in [0.4, 0.5) is 9.59 Å². The van der Waals surface area contributed by atoms with Crippen molar-refractivity contribution in [2.45, 2.75) is 31.6 Å². The maximum absolute atomic E-state index is 13.0. The zero-order valence-corrected chi connectivity index (χ0v) is 20.3. The zero-order chi connectivity index (χ0) is 25.4. The van der Waals surface area contributed by atoms with Gasteiger partial charge in [0.05, 0.1) is 24.7 Å². The van der Waals surface area contributed by atoms with Gasteiger partial charge in [-0.05, 0) is 24.1 Å². The molecule has 0 aliphatic carbocycles. The second kappa shape index (κ2) is 11.6. The van der Waals surface area contributed by atoms with Crippen LogP contribution >= 0.6 is 0 Å². The topological polar surface area (TPSA) is 136 Å². The number of aromatic nitrogens is 1. The van der Waals surface area contributed by atoms with Gasteiger partial charge in [-0.15, -0.1) is 0 Å². The van der Waals surface area contributed by atoms with Gasteiger partial charge in [0.1, 0.15) is 5.52 Å². The van der Waals surface area contributed by atoms with Crippen molar-refractivity contribution in [3.63, 3.8) is 0 Å². The lowest BCUT2D eigenvalue weighted by atomic mass is 10.1. The Balaban J connectivity index is 1.72. The number of para-hydroxylation sites is 2. The Morgan fingerprint density at radius 1 is 1.09 bits per heavy atom. The minimum absolute atomic E-state index is 0.167. The molecule has 0 aliphatic heterocycles. The third kappa shape index (κ3) is 6.89. The van der Waals surface area contributed by atoms with Gasteiger partial charge >= 0.3 is 12.1 Å². The lowest BCUT2D eigenvalue weighted by Gasteiger charge is -2.23. The largest absolute Gasteiger partial charge is 0.452 e. The van der Waals surface area contributed by atoms with E-state index in [0.29, 0.717) is 28.0 Å². The molecule has 0 spiro atoms. The van der Waals surface area contributed by atoms with Crippen molar-refractivity contribution < 1.29 is 32.0 Å². The summed E-state index contributed by atoms with van der Waals surface area (Å²) in [5, 5.41) is 2.50. The van der Waals surface area contributed by atoms with Crippen molar-refractivity contribution in [3.8, 4) is 0 Å². The number of ketones is 1. The standard InChI is InChI=1S/C24H27N3O7S/c1-3-9-19(21(28)22-25-18-12-7-8-13-20(18)34-22)26-23(29)27(24(30)33-2)14-15-35(31,32)16-17-10-5-4-6-11-17/h4-8,10-13,19H,3,9,14-16H2,1-2H3,(H,26,29)/t19-/m0/s1. The van der Waals surface area contributed by atoms with Crippen LogP contribution in [0.3, 0.4) is 0 Å². The monoisotopic (exact) mass is 501 g/mol. The van der Waals surface area contributed by atoms with Crippen LogP contribution in [0, 0.1) is 0 Å². The van der Waals surface area contributed by atoms with Crippen LogP contribution in [0.1, 0.15) is 36.0 Å². The van der Waals surface area contributed by atoms with Gasteiger partial charge in [0.2, 0.25) is 5.78 Å². The molecular formula is C24H27N3O7S. The number of amides is 3. The number of rotatable bonds is 10. The number of nitrogens with zero attached hydrogens (tertiary/aromatic N) is 2. The van der Waals surface area contributed by atoms with Crippen molar-refractivity contribution in [1.82, 2.24) is 15.2 Å². The third-order valence-electron chi connectivity index (χ3n) is 5.19. The molecule has 3 aromatic rings. The first-order valence-electron chi connectivity index (χ1n) is 11.0. The van der Waals surface area contributed by atoms with E-state index in [2.05, 4.69) is 15.0 Å². The molecule has 186 valence electrons. The number of nitrogens with one attached hydrogen (secondary N) is 1. The molecule has 1 heterocycles. The van der Waals surface area contributed by atoms with Gasteiger partial charge in [0.15, 0.2) is 15.4 Å². The van der Waals surface area contributed by atoms with E-state index in [1.807, 2.05) is 6.92 Å². The average Bonchev–Trinajstić information content (AvgIpc) is 3.28. The Labute approximate surface area is 203 Å². The number of oxazole rings is 1. The normalized spacial score (nSPS) is 12.2. The number of Topliss-reactive ketones (excluding diaryl/α,β-unsaturated/α-hetero) is 1. The number of urea groups is 1. The molecule has 35 heavy (non-hydrogen) atoms. The van der Waals surface area contributed by atoms with E-state index in [4.69, 9.17) is 4.42 Å². The van der Waals surface area contributed by atoms with Gasteiger partial charge in [-0.3, -0.25) is 4.79 Å². The number of fused-ring (bicyclic) bond motifs is 1. The highest BCUT2D eigenvalue weighted by molar-refractivity contribution is 7.90. The quantitative estimate of drug-likeness (QED) is 0.417. The molecule has 0 fully saturated rings. The van der Waals surface area contributed by atoms with Crippen molar-refractivity contribution >= 4 is 38.8 Å². The van der Waals surface area contributed by atoms with Crippen LogP contribution < -0.4 is 5.32 Å². The van der Waals surface area contributed by atoms with Crippen molar-refractivity contribution in [2.24, 2.45) is 0 Å². The highest BCUT2D eigenvalue weighted by Crippen LogP contribution is 2.17. The van der Waals surface area contributed by atoms with Gasteiger partial charge in [-0.25, -0.2) is 27.9 Å². The van der Waals surface area contributed by atoms with Gasteiger partial charge in [-0.1, -0.05) is 55.8 Å². The number of carbonyl (C=O) groups is 3. The first-order chi connectivity index (χ1) is 16.7. The van der Waals surface area contributed by atoms with Crippen LogP contribution in [0.2, 0.25) is 0 Å². The number of benzene rings is 2. The zero-order valence-electron chi connectivity index (χ0n) is 19.5. The summed E-state index contributed by atoms with van der Waals surface area (Å²) in [5.74, 6) is -1.43. The highest BCUT2D eigenvalue weighted by Gasteiger charge is 2.31. The van der Waals surface area contributed by atoms with Gasteiger partial charge in [0, 0.05) is 6.54 Å². The average molecular weight is 502 g/mol. The first kappa shape index (κ1) is 25.9. The summed E-state index contributed by atoms with van der Waals surface area (Å²) in [4.78, 5) is 43.0. The van der Waals surface area contributed by atoms with E-state index >= 15 is 0 Å². The molecular weight excluding hydrogens is 474 g/mol. The van der Waals surface area contributed by atoms with Crippen molar-refractivity contribution in [2.75, 3.05) is 19.4 Å². The number of hydrogen-bond donors (Lipinski definition) is 1. The van der Waals surface area contributed by atoms with Crippen molar-refractivity contribution in [1.29, 1.82) is 0 Å². The van der Waals surface area contributed by atoms with Gasteiger partial charge in [0.25, 0.3) is 5.89 Å². The molecule has 0 bridgehead atoms. The predicted octanol–water partition coefficient (Wildman–Crippen LogP) is 3.57. The van der Waals surface area contributed by atoms with Crippen LogP contribution in [0.15, 0.2) is 59.0 Å². The summed E-state index contributed by atoms with van der Waals surface area (Å²) in [6.45, 7) is 1.39. The molecule has 1 N–H and O–H groups in total. The predicted molar refractivity (Wildman–Crippen MR) is 129 cm³/mol. The van der Waals surface area contributed by atoms with Gasteiger partial charge < -0.3 is 14.5 Å². The summed E-state index contributed by atoms with van der Waals surface area (Å²) in [6.07, 6.45) is -0.243. The molecule has 11 heteroatoms. The molecule has 3 rings (SSSR count). The van der Waals surface area contributed by atoms with E-state index < -0.39 is 46.1 Å². The lowest BCUT2D eigenvalue weighted by molar-refractivity contribution is 0.0896. The summed E-state index contributed by atoms with van der Waals surface area (Å²) in [5.41, 5.74) is 1.52. The Bertz CT molecular complexity index is 1260. The maximum Gasteiger partial charge on any atom is 0.417 e. The van der Waals surface area contributed by atoms with Crippen LogP contribution in [0.25, 0.3) is 11.1 Å². The molecule has 0 saturated carbocycles. The molecule has 3 amide bonds. The number of imide groups is 1.